The number of aliphatic imine (C=N–C) groups is 1. The van der Waals surface area contributed by atoms with Crippen molar-refractivity contribution < 1.29 is 13.6 Å². The number of amides is 1. The Labute approximate surface area is 207 Å². The van der Waals surface area contributed by atoms with Crippen molar-refractivity contribution in [3.8, 4) is 11.5 Å². The number of benzene rings is 3. The number of carbonyl (C=O) groups is 1. The molecule has 0 fully saturated rings. The number of aryl methyl sites for hydroxylation is 2. The minimum absolute atomic E-state index is 0.180. The lowest BCUT2D eigenvalue weighted by atomic mass is 9.99. The van der Waals surface area contributed by atoms with E-state index < -0.39 is 11.9 Å². The number of oxazole rings is 1. The van der Waals surface area contributed by atoms with E-state index in [9.17, 15) is 9.18 Å². The Hall–Kier alpha value is -3.77. The van der Waals surface area contributed by atoms with Gasteiger partial charge < -0.3 is 9.32 Å². The molecule has 5 rings (SSSR count). The predicted molar refractivity (Wildman–Crippen MR) is 136 cm³/mol. The number of aromatic nitrogens is 1. The van der Waals surface area contributed by atoms with Crippen LogP contribution in [-0.4, -0.2) is 22.6 Å². The number of rotatable bonds is 4. The maximum atomic E-state index is 14.8. The highest BCUT2D eigenvalue weighted by Gasteiger charge is 2.32. The summed E-state index contributed by atoms with van der Waals surface area (Å²) < 4.78 is 20.7. The Bertz CT molecular complexity index is 1480. The van der Waals surface area contributed by atoms with Gasteiger partial charge in [-0.25, -0.2) is 9.37 Å². The Kier molecular flexibility index (Phi) is 5.99. The highest BCUT2D eigenvalue weighted by molar-refractivity contribution is 6.32. The van der Waals surface area contributed by atoms with Crippen molar-refractivity contribution in [2.75, 3.05) is 4.90 Å². The zero-order valence-electron chi connectivity index (χ0n) is 19.5. The average Bonchev–Trinajstić information content (AvgIpc) is 3.17. The average molecular weight is 488 g/mol. The van der Waals surface area contributed by atoms with E-state index in [0.29, 0.717) is 44.9 Å². The topological polar surface area (TPSA) is 58.7 Å². The molecule has 3 aromatic carbocycles. The first-order valence-corrected chi connectivity index (χ1v) is 11.7. The number of hydrogen-bond donors (Lipinski definition) is 0. The fourth-order valence-corrected chi connectivity index (χ4v) is 4.43. The molecule has 1 aliphatic heterocycles. The van der Waals surface area contributed by atoms with Crippen LogP contribution in [0.5, 0.6) is 0 Å². The molecule has 1 aromatic heterocycles. The van der Waals surface area contributed by atoms with E-state index >= 15 is 0 Å². The van der Waals surface area contributed by atoms with Gasteiger partial charge in [-0.1, -0.05) is 41.4 Å². The molecule has 7 heteroatoms. The largest absolute Gasteiger partial charge is 0.441 e. The lowest BCUT2D eigenvalue weighted by molar-refractivity contribution is -0.119. The van der Waals surface area contributed by atoms with Gasteiger partial charge in [-0.15, -0.1) is 0 Å². The molecule has 0 aliphatic carbocycles. The first kappa shape index (κ1) is 23.0. The number of anilines is 1. The van der Waals surface area contributed by atoms with Crippen LogP contribution in [0.25, 0.3) is 11.5 Å². The van der Waals surface area contributed by atoms with Gasteiger partial charge in [-0.2, -0.15) is 0 Å². The summed E-state index contributed by atoms with van der Waals surface area (Å²) in [5.74, 6) is 0.480. The summed E-state index contributed by atoms with van der Waals surface area (Å²) in [5.41, 5.74) is 4.48. The first-order valence-electron chi connectivity index (χ1n) is 11.3. The Balaban J connectivity index is 1.60. The third-order valence-electron chi connectivity index (χ3n) is 6.05. The van der Waals surface area contributed by atoms with Crippen LogP contribution in [-0.2, 0) is 11.3 Å². The zero-order valence-corrected chi connectivity index (χ0v) is 20.3. The van der Waals surface area contributed by atoms with Crippen LogP contribution < -0.4 is 4.90 Å². The zero-order chi connectivity index (χ0) is 24.7. The monoisotopic (exact) mass is 487 g/mol. The molecule has 1 amide bonds. The van der Waals surface area contributed by atoms with Gasteiger partial charge in [-0.3, -0.25) is 9.79 Å². The molecule has 5 nitrogen and oxygen atoms in total. The lowest BCUT2D eigenvalue weighted by Crippen LogP contribution is -2.36. The smallest absolute Gasteiger partial charge is 0.251 e. The minimum Gasteiger partial charge on any atom is -0.441 e. The van der Waals surface area contributed by atoms with Gasteiger partial charge in [0.2, 0.25) is 5.89 Å². The highest BCUT2D eigenvalue weighted by Crippen LogP contribution is 2.33. The predicted octanol–water partition coefficient (Wildman–Crippen LogP) is 6.52. The maximum absolute atomic E-state index is 14.8. The molecule has 35 heavy (non-hydrogen) atoms. The van der Waals surface area contributed by atoms with Gasteiger partial charge in [0.1, 0.15) is 23.3 Å². The van der Waals surface area contributed by atoms with Crippen LogP contribution in [0.1, 0.15) is 35.1 Å². The Morgan fingerprint density at radius 3 is 2.60 bits per heavy atom. The van der Waals surface area contributed by atoms with E-state index in [1.165, 1.54) is 6.07 Å². The molecule has 1 aliphatic rings. The molecule has 0 saturated heterocycles. The minimum atomic E-state index is -0.737. The fourth-order valence-electron chi connectivity index (χ4n) is 4.25. The van der Waals surface area contributed by atoms with Crippen molar-refractivity contribution in [3.05, 3.63) is 106 Å². The number of nitrogens with zero attached hydrogens (tertiary/aromatic N) is 3. The number of fused-ring (bicyclic) bond motifs is 1. The summed E-state index contributed by atoms with van der Waals surface area (Å²) in [7, 11) is 0. The van der Waals surface area contributed by atoms with Crippen LogP contribution in [0.15, 0.2) is 76.1 Å². The van der Waals surface area contributed by atoms with E-state index in [4.69, 9.17) is 21.0 Å². The quantitative estimate of drug-likeness (QED) is 0.329. The molecular formula is C28H23ClFN3O2. The SMILES string of the molecule is Cc1cccc(-c2nc(CN3C(=O)[C@H](C)N=C(c4ccccc4F)c4cc(Cl)ccc43)c(C)o2)c1. The fraction of sp³-hybridized carbons (Fsp3) is 0.179. The summed E-state index contributed by atoms with van der Waals surface area (Å²) in [6.07, 6.45) is 0. The molecule has 0 unspecified atom stereocenters. The van der Waals surface area contributed by atoms with Crippen molar-refractivity contribution in [1.82, 2.24) is 4.98 Å². The third-order valence-corrected chi connectivity index (χ3v) is 6.28. The Morgan fingerprint density at radius 2 is 1.83 bits per heavy atom. The molecule has 1 atom stereocenters. The van der Waals surface area contributed by atoms with Crippen molar-refractivity contribution in [3.63, 3.8) is 0 Å². The summed E-state index contributed by atoms with van der Waals surface area (Å²) in [6.45, 7) is 5.72. The second-order valence-corrected chi connectivity index (χ2v) is 9.05. The summed E-state index contributed by atoms with van der Waals surface area (Å²) in [4.78, 5) is 24.5. The first-order chi connectivity index (χ1) is 16.8. The van der Waals surface area contributed by atoms with Crippen LogP contribution >= 0.6 is 11.6 Å². The van der Waals surface area contributed by atoms with Crippen molar-refractivity contribution in [1.29, 1.82) is 0 Å². The van der Waals surface area contributed by atoms with E-state index in [0.717, 1.165) is 11.1 Å². The van der Waals surface area contributed by atoms with Crippen LogP contribution in [0.3, 0.4) is 0 Å². The molecule has 4 aromatic rings. The van der Waals surface area contributed by atoms with Gasteiger partial charge in [0.15, 0.2) is 0 Å². The number of carbonyl (C=O) groups excluding carboxylic acids is 1. The second-order valence-electron chi connectivity index (χ2n) is 8.61. The standard InChI is InChI=1S/C28H23ClFN3O2/c1-16-7-6-8-19(13-16)27-32-24(18(3)35-27)15-33-25-12-11-20(29)14-22(25)26(31-17(2)28(33)34)21-9-4-5-10-23(21)30/h4-14,17H,15H2,1-3H3/t17-/m0/s1. The lowest BCUT2D eigenvalue weighted by Gasteiger charge is -2.24. The van der Waals surface area contributed by atoms with Crippen molar-refractivity contribution in [2.45, 2.75) is 33.4 Å². The summed E-state index contributed by atoms with van der Waals surface area (Å²) in [6, 6.07) is 18.7. The van der Waals surface area contributed by atoms with Gasteiger partial charge >= 0.3 is 0 Å². The summed E-state index contributed by atoms with van der Waals surface area (Å²) in [5, 5.41) is 0.467. The van der Waals surface area contributed by atoms with Crippen LogP contribution in [0, 0.1) is 19.7 Å². The molecule has 2 heterocycles. The van der Waals surface area contributed by atoms with Gasteiger partial charge in [0, 0.05) is 21.7 Å². The highest BCUT2D eigenvalue weighted by atomic mass is 35.5. The van der Waals surface area contributed by atoms with Gasteiger partial charge in [0.05, 0.1) is 17.9 Å². The number of hydrogen-bond acceptors (Lipinski definition) is 4. The maximum Gasteiger partial charge on any atom is 0.251 e. The molecule has 0 N–H and O–H groups in total. The van der Waals surface area contributed by atoms with E-state index in [2.05, 4.69) is 4.99 Å². The molecule has 0 spiro atoms. The van der Waals surface area contributed by atoms with Gasteiger partial charge in [0.25, 0.3) is 5.91 Å². The molecule has 0 radical (unpaired) electrons. The summed E-state index contributed by atoms with van der Waals surface area (Å²) >= 11 is 6.33. The van der Waals surface area contributed by atoms with E-state index in [1.54, 1.807) is 48.2 Å². The van der Waals surface area contributed by atoms with Gasteiger partial charge in [-0.05, 0) is 63.2 Å². The molecule has 0 bridgehead atoms. The normalized spacial score (nSPS) is 15.6. The van der Waals surface area contributed by atoms with Crippen LogP contribution in [0.4, 0.5) is 10.1 Å². The molecular weight excluding hydrogens is 465 g/mol. The number of benzodiazepines with no additional fused rings is 1. The van der Waals surface area contributed by atoms with Crippen molar-refractivity contribution in [2.24, 2.45) is 4.99 Å². The molecule has 176 valence electrons. The van der Waals surface area contributed by atoms with Crippen molar-refractivity contribution >= 4 is 28.9 Å². The van der Waals surface area contributed by atoms with E-state index in [1.807, 2.05) is 38.1 Å². The Morgan fingerprint density at radius 1 is 1.03 bits per heavy atom. The third kappa shape index (κ3) is 4.37. The number of halogens is 2. The van der Waals surface area contributed by atoms with Crippen LogP contribution in [0.2, 0.25) is 5.02 Å². The molecule has 0 saturated carbocycles. The second kappa shape index (κ2) is 9.12. The van der Waals surface area contributed by atoms with E-state index in [-0.39, 0.29) is 12.5 Å².